The van der Waals surface area contributed by atoms with Crippen LogP contribution < -0.4 is 10.1 Å². The molecule has 1 rings (SSSR count). The summed E-state index contributed by atoms with van der Waals surface area (Å²) in [5, 5.41) is 3.43. The summed E-state index contributed by atoms with van der Waals surface area (Å²) in [5.74, 6) is 0.905. The zero-order valence-electron chi connectivity index (χ0n) is 11.2. The minimum atomic E-state index is 0.217. The van der Waals surface area contributed by atoms with Crippen LogP contribution in [0.2, 0.25) is 0 Å². The molecule has 0 saturated carbocycles. The molecule has 0 saturated heterocycles. The maximum atomic E-state index is 6.06. The number of hydrogen-bond acceptors (Lipinski definition) is 2. The van der Waals surface area contributed by atoms with Crippen molar-refractivity contribution in [2.75, 3.05) is 6.54 Å². The lowest BCUT2D eigenvalue weighted by atomic mass is 10.2. The van der Waals surface area contributed by atoms with Crippen LogP contribution in [0.3, 0.4) is 0 Å². The zero-order chi connectivity index (χ0) is 13.5. The van der Waals surface area contributed by atoms with Gasteiger partial charge in [-0.05, 0) is 40.5 Å². The van der Waals surface area contributed by atoms with Crippen molar-refractivity contribution in [3.05, 3.63) is 27.1 Å². The van der Waals surface area contributed by atoms with Gasteiger partial charge in [-0.2, -0.15) is 0 Å². The van der Waals surface area contributed by atoms with Gasteiger partial charge in [-0.3, -0.25) is 0 Å². The monoisotopic (exact) mass is 377 g/mol. The van der Waals surface area contributed by atoms with E-state index < -0.39 is 0 Å². The van der Waals surface area contributed by atoms with Crippen molar-refractivity contribution < 1.29 is 4.74 Å². The van der Waals surface area contributed by atoms with Crippen molar-refractivity contribution in [3.63, 3.8) is 0 Å². The summed E-state index contributed by atoms with van der Waals surface area (Å²) >= 11 is 6.98. The molecule has 102 valence electrons. The van der Waals surface area contributed by atoms with E-state index in [1.807, 2.05) is 18.2 Å². The molecule has 0 spiro atoms. The number of halogens is 2. The third-order valence-corrected chi connectivity index (χ3v) is 3.66. The van der Waals surface area contributed by atoms with Gasteiger partial charge < -0.3 is 10.1 Å². The number of hydrogen-bond donors (Lipinski definition) is 1. The molecule has 1 atom stereocenters. The van der Waals surface area contributed by atoms with Crippen molar-refractivity contribution in [1.82, 2.24) is 5.32 Å². The predicted molar refractivity (Wildman–Crippen MR) is 84.3 cm³/mol. The van der Waals surface area contributed by atoms with Gasteiger partial charge in [-0.15, -0.1) is 0 Å². The van der Waals surface area contributed by atoms with Gasteiger partial charge in [0.15, 0.2) is 0 Å². The Morgan fingerprint density at radius 2 is 2.00 bits per heavy atom. The molecule has 0 fully saturated rings. The van der Waals surface area contributed by atoms with E-state index in [1.165, 1.54) is 0 Å². The predicted octanol–water partition coefficient (Wildman–Crippen LogP) is 4.76. The molecule has 0 radical (unpaired) electrons. The number of ether oxygens (including phenoxy) is 1. The van der Waals surface area contributed by atoms with Crippen LogP contribution in [0.25, 0.3) is 0 Å². The summed E-state index contributed by atoms with van der Waals surface area (Å²) in [5.41, 5.74) is 0. The lowest BCUT2D eigenvalue weighted by Crippen LogP contribution is -2.35. The van der Waals surface area contributed by atoms with Crippen LogP contribution in [0.5, 0.6) is 5.75 Å². The van der Waals surface area contributed by atoms with Gasteiger partial charge in [0.05, 0.1) is 4.47 Å². The van der Waals surface area contributed by atoms with E-state index in [1.54, 1.807) is 0 Å². The Morgan fingerprint density at radius 3 is 2.56 bits per heavy atom. The molecule has 1 unspecified atom stereocenters. The largest absolute Gasteiger partial charge is 0.488 e. The fraction of sp³-hybridized carbons (Fsp3) is 0.571. The lowest BCUT2D eigenvalue weighted by Gasteiger charge is -2.21. The molecule has 2 nitrogen and oxygen atoms in total. The molecule has 0 aromatic heterocycles. The Hall–Kier alpha value is -0.0600. The summed E-state index contributed by atoms with van der Waals surface area (Å²) in [7, 11) is 0. The van der Waals surface area contributed by atoms with Gasteiger partial charge in [0, 0.05) is 17.1 Å². The minimum absolute atomic E-state index is 0.217. The number of nitrogens with one attached hydrogen (secondary N) is 1. The molecule has 0 aliphatic rings. The van der Waals surface area contributed by atoms with Crippen molar-refractivity contribution >= 4 is 31.9 Å². The SMILES string of the molecule is CCCC(CNC(C)C)Oc1ccc(Br)cc1Br. The highest BCUT2D eigenvalue weighted by Crippen LogP contribution is 2.29. The summed E-state index contributed by atoms with van der Waals surface area (Å²) in [6, 6.07) is 6.49. The topological polar surface area (TPSA) is 21.3 Å². The average Bonchev–Trinajstić information content (AvgIpc) is 2.29. The zero-order valence-corrected chi connectivity index (χ0v) is 14.3. The van der Waals surface area contributed by atoms with Crippen LogP contribution >= 0.6 is 31.9 Å². The first-order chi connectivity index (χ1) is 8.52. The normalized spacial score (nSPS) is 12.8. The third-order valence-electron chi connectivity index (χ3n) is 2.55. The van der Waals surface area contributed by atoms with Crippen LogP contribution in [0, 0.1) is 0 Å². The molecular formula is C14H21Br2NO. The molecule has 4 heteroatoms. The summed E-state index contributed by atoms with van der Waals surface area (Å²) in [6.07, 6.45) is 2.40. The number of benzene rings is 1. The molecular weight excluding hydrogens is 358 g/mol. The minimum Gasteiger partial charge on any atom is -0.488 e. The van der Waals surface area contributed by atoms with Crippen LogP contribution in [0.15, 0.2) is 27.1 Å². The summed E-state index contributed by atoms with van der Waals surface area (Å²) < 4.78 is 8.10. The fourth-order valence-electron chi connectivity index (χ4n) is 1.64. The van der Waals surface area contributed by atoms with Crippen LogP contribution in [0.4, 0.5) is 0 Å². The maximum absolute atomic E-state index is 6.06. The van der Waals surface area contributed by atoms with E-state index >= 15 is 0 Å². The molecule has 0 aliphatic carbocycles. The van der Waals surface area contributed by atoms with E-state index in [0.29, 0.717) is 6.04 Å². The van der Waals surface area contributed by atoms with Gasteiger partial charge >= 0.3 is 0 Å². The first-order valence-corrected chi connectivity index (χ1v) is 7.96. The van der Waals surface area contributed by atoms with Gasteiger partial charge in [0.25, 0.3) is 0 Å². The second-order valence-corrected chi connectivity index (χ2v) is 6.44. The second-order valence-electron chi connectivity index (χ2n) is 4.67. The van der Waals surface area contributed by atoms with Crippen LogP contribution in [-0.4, -0.2) is 18.7 Å². The third kappa shape index (κ3) is 5.72. The molecule has 18 heavy (non-hydrogen) atoms. The van der Waals surface area contributed by atoms with E-state index in [0.717, 1.165) is 34.1 Å². The quantitative estimate of drug-likeness (QED) is 0.738. The van der Waals surface area contributed by atoms with Crippen molar-refractivity contribution in [1.29, 1.82) is 0 Å². The first kappa shape index (κ1) is 16.0. The Labute approximate surface area is 127 Å². The Morgan fingerprint density at radius 1 is 1.28 bits per heavy atom. The maximum Gasteiger partial charge on any atom is 0.134 e. The van der Waals surface area contributed by atoms with Gasteiger partial charge in [0.1, 0.15) is 11.9 Å². The van der Waals surface area contributed by atoms with Crippen molar-refractivity contribution in [2.24, 2.45) is 0 Å². The Balaban J connectivity index is 2.64. The lowest BCUT2D eigenvalue weighted by molar-refractivity contribution is 0.182. The van der Waals surface area contributed by atoms with E-state index in [4.69, 9.17) is 4.74 Å². The number of rotatable bonds is 7. The summed E-state index contributed by atoms with van der Waals surface area (Å²) in [4.78, 5) is 0. The smallest absolute Gasteiger partial charge is 0.134 e. The molecule has 0 amide bonds. The standard InChI is InChI=1S/C14H21Br2NO/c1-4-5-12(9-17-10(2)3)18-14-7-6-11(15)8-13(14)16/h6-8,10,12,17H,4-5,9H2,1-3H3. The Bertz CT molecular complexity index is 369. The molecule has 1 aromatic rings. The Kier molecular flexibility index (Phi) is 7.27. The molecule has 1 N–H and O–H groups in total. The highest BCUT2D eigenvalue weighted by atomic mass is 79.9. The van der Waals surface area contributed by atoms with Crippen molar-refractivity contribution in [3.8, 4) is 5.75 Å². The van der Waals surface area contributed by atoms with E-state index in [9.17, 15) is 0 Å². The molecule has 0 bridgehead atoms. The average molecular weight is 379 g/mol. The summed E-state index contributed by atoms with van der Waals surface area (Å²) in [6.45, 7) is 7.37. The van der Waals surface area contributed by atoms with Crippen LogP contribution in [0.1, 0.15) is 33.6 Å². The second kappa shape index (κ2) is 8.18. The van der Waals surface area contributed by atoms with E-state index in [2.05, 4.69) is 57.9 Å². The molecule has 0 aliphatic heterocycles. The fourth-order valence-corrected chi connectivity index (χ4v) is 2.78. The highest BCUT2D eigenvalue weighted by molar-refractivity contribution is 9.11. The first-order valence-electron chi connectivity index (χ1n) is 6.38. The van der Waals surface area contributed by atoms with Crippen molar-refractivity contribution in [2.45, 2.75) is 45.8 Å². The van der Waals surface area contributed by atoms with Gasteiger partial charge in [-0.1, -0.05) is 43.1 Å². The van der Waals surface area contributed by atoms with Gasteiger partial charge in [-0.25, -0.2) is 0 Å². The molecule has 0 heterocycles. The highest BCUT2D eigenvalue weighted by Gasteiger charge is 2.12. The van der Waals surface area contributed by atoms with Crippen LogP contribution in [-0.2, 0) is 0 Å². The van der Waals surface area contributed by atoms with E-state index in [-0.39, 0.29) is 6.10 Å². The van der Waals surface area contributed by atoms with Gasteiger partial charge in [0.2, 0.25) is 0 Å². The molecule has 1 aromatic carbocycles.